The number of aryl methyl sites for hydroxylation is 2. The minimum atomic E-state index is -0.864. The van der Waals surface area contributed by atoms with Crippen LogP contribution < -0.4 is 5.32 Å². The van der Waals surface area contributed by atoms with Crippen molar-refractivity contribution >= 4 is 10.8 Å². The van der Waals surface area contributed by atoms with Crippen LogP contribution >= 0.6 is 0 Å². The van der Waals surface area contributed by atoms with Crippen molar-refractivity contribution in [3.63, 3.8) is 0 Å². The molecule has 1 saturated carbocycles. The Bertz CT molecular complexity index is 536. The van der Waals surface area contributed by atoms with Gasteiger partial charge in [-0.05, 0) is 55.4 Å². The van der Waals surface area contributed by atoms with Gasteiger partial charge in [0.15, 0.2) is 0 Å². The fraction of sp³-hybridized carbons (Fsp3) is 0.625. The zero-order valence-corrected chi connectivity index (χ0v) is 13.0. The lowest BCUT2D eigenvalue weighted by Crippen LogP contribution is -2.40. The van der Waals surface area contributed by atoms with Crippen LogP contribution in [0.1, 0.15) is 49.4 Å². The van der Waals surface area contributed by atoms with Crippen molar-refractivity contribution in [3.8, 4) is 0 Å². The molecule has 1 aliphatic heterocycles. The van der Waals surface area contributed by atoms with Gasteiger partial charge in [0.1, 0.15) is 0 Å². The highest BCUT2D eigenvalue weighted by Gasteiger charge is 2.39. The van der Waals surface area contributed by atoms with Gasteiger partial charge in [0, 0.05) is 22.2 Å². The van der Waals surface area contributed by atoms with Gasteiger partial charge in [0.05, 0.1) is 10.8 Å². The molecule has 0 aromatic heterocycles. The highest BCUT2D eigenvalue weighted by Crippen LogP contribution is 2.40. The van der Waals surface area contributed by atoms with Crippen LogP contribution in [0.4, 0.5) is 0 Å². The first-order valence-electron chi connectivity index (χ1n) is 7.27. The predicted molar refractivity (Wildman–Crippen MR) is 79.8 cm³/mol. The van der Waals surface area contributed by atoms with Gasteiger partial charge in [0.2, 0.25) is 0 Å². The van der Waals surface area contributed by atoms with Crippen LogP contribution in [0, 0.1) is 19.8 Å². The molecule has 3 rings (SSSR count). The average molecular weight is 277 g/mol. The molecule has 0 bridgehead atoms. The molecular formula is C16H23NOS. The Balaban J connectivity index is 2.08. The van der Waals surface area contributed by atoms with E-state index in [1.807, 2.05) is 0 Å². The van der Waals surface area contributed by atoms with E-state index in [0.717, 1.165) is 4.90 Å². The Labute approximate surface area is 118 Å². The van der Waals surface area contributed by atoms with E-state index in [9.17, 15) is 4.21 Å². The van der Waals surface area contributed by atoms with Crippen LogP contribution in [0.5, 0.6) is 0 Å². The van der Waals surface area contributed by atoms with Crippen molar-refractivity contribution in [3.05, 3.63) is 28.8 Å². The smallest absolute Gasteiger partial charge is 0.0564 e. The number of hydrogen-bond donors (Lipinski definition) is 1. The Morgan fingerprint density at radius 2 is 1.79 bits per heavy atom. The second kappa shape index (κ2) is 4.71. The molecule has 19 heavy (non-hydrogen) atoms. The van der Waals surface area contributed by atoms with Crippen LogP contribution in [-0.2, 0) is 10.8 Å². The van der Waals surface area contributed by atoms with Gasteiger partial charge in [-0.25, -0.2) is 0 Å². The van der Waals surface area contributed by atoms with Crippen molar-refractivity contribution in [2.45, 2.75) is 62.8 Å². The van der Waals surface area contributed by atoms with Gasteiger partial charge in [-0.1, -0.05) is 19.9 Å². The molecule has 3 heteroatoms. The lowest BCUT2D eigenvalue weighted by atomic mass is 9.89. The predicted octanol–water partition coefficient (Wildman–Crippen LogP) is 3.24. The fourth-order valence-corrected chi connectivity index (χ4v) is 4.58. The quantitative estimate of drug-likeness (QED) is 0.899. The lowest BCUT2D eigenvalue weighted by Gasteiger charge is -2.36. The molecule has 1 aliphatic carbocycles. The van der Waals surface area contributed by atoms with Gasteiger partial charge >= 0.3 is 0 Å². The van der Waals surface area contributed by atoms with E-state index in [1.165, 1.54) is 29.5 Å². The van der Waals surface area contributed by atoms with Crippen molar-refractivity contribution in [1.29, 1.82) is 0 Å². The van der Waals surface area contributed by atoms with Crippen LogP contribution in [-0.4, -0.2) is 15.5 Å². The van der Waals surface area contributed by atoms with Crippen molar-refractivity contribution in [2.24, 2.45) is 5.92 Å². The number of hydrogen-bond acceptors (Lipinski definition) is 2. The minimum Gasteiger partial charge on any atom is -0.307 e. The maximum atomic E-state index is 12.6. The largest absolute Gasteiger partial charge is 0.307 e. The van der Waals surface area contributed by atoms with E-state index in [2.05, 4.69) is 45.1 Å². The van der Waals surface area contributed by atoms with Crippen LogP contribution in [0.2, 0.25) is 0 Å². The molecule has 1 fully saturated rings. The summed E-state index contributed by atoms with van der Waals surface area (Å²) >= 11 is 0. The molecule has 1 aromatic rings. The third-order valence-corrected chi connectivity index (χ3v) is 6.67. The van der Waals surface area contributed by atoms with E-state index in [-0.39, 0.29) is 5.25 Å². The number of fused-ring (bicyclic) bond motifs is 1. The van der Waals surface area contributed by atoms with Crippen molar-refractivity contribution < 1.29 is 4.21 Å². The molecule has 1 N–H and O–H groups in total. The first kappa shape index (κ1) is 13.3. The summed E-state index contributed by atoms with van der Waals surface area (Å²) < 4.78 is 12.6. The molecule has 4 atom stereocenters. The van der Waals surface area contributed by atoms with E-state index in [4.69, 9.17) is 0 Å². The molecule has 0 radical (unpaired) electrons. The third-order valence-electron chi connectivity index (χ3n) is 4.77. The normalized spacial score (nSPS) is 34.1. The van der Waals surface area contributed by atoms with Gasteiger partial charge in [-0.3, -0.25) is 4.21 Å². The van der Waals surface area contributed by atoms with Crippen LogP contribution in [0.25, 0.3) is 0 Å². The molecule has 0 amide bonds. The second-order valence-corrected chi connectivity index (χ2v) is 8.03. The monoisotopic (exact) mass is 277 g/mol. The summed E-state index contributed by atoms with van der Waals surface area (Å²) in [6, 6.07) is 5.45. The van der Waals surface area contributed by atoms with Crippen LogP contribution in [0.15, 0.2) is 17.0 Å². The number of rotatable bonds is 2. The Morgan fingerprint density at radius 1 is 1.16 bits per heavy atom. The van der Waals surface area contributed by atoms with Crippen molar-refractivity contribution in [1.82, 2.24) is 5.32 Å². The molecule has 0 saturated heterocycles. The van der Waals surface area contributed by atoms with Gasteiger partial charge in [-0.2, -0.15) is 0 Å². The Morgan fingerprint density at radius 3 is 2.42 bits per heavy atom. The summed E-state index contributed by atoms with van der Waals surface area (Å²) in [7, 11) is -0.864. The Hall–Kier alpha value is -0.670. The molecule has 104 valence electrons. The van der Waals surface area contributed by atoms with Crippen molar-refractivity contribution in [2.75, 3.05) is 0 Å². The molecule has 0 spiro atoms. The fourth-order valence-electron chi connectivity index (χ4n) is 2.92. The van der Waals surface area contributed by atoms with Gasteiger partial charge in [-0.15, -0.1) is 0 Å². The van der Waals surface area contributed by atoms with Gasteiger partial charge in [0.25, 0.3) is 0 Å². The molecule has 2 aliphatic rings. The first-order valence-corrected chi connectivity index (χ1v) is 8.48. The standard InChI is InChI=1S/C16H23NOS/c1-9-7-14-15(8-10(9)2)19(18)12(4)11(3)16(14)17-13-5-6-13/h7-8,11-13,16-17H,5-6H2,1-4H3. The number of benzene rings is 1. The number of nitrogens with one attached hydrogen (secondary N) is 1. The molecule has 2 nitrogen and oxygen atoms in total. The molecule has 4 unspecified atom stereocenters. The SMILES string of the molecule is Cc1cc2c(cc1C)S(=O)C(C)C(C)C2NC1CC1. The zero-order chi connectivity index (χ0) is 13.7. The third kappa shape index (κ3) is 2.27. The van der Waals surface area contributed by atoms with E-state index < -0.39 is 10.8 Å². The van der Waals surface area contributed by atoms with E-state index in [0.29, 0.717) is 18.0 Å². The Kier molecular flexibility index (Phi) is 3.30. The van der Waals surface area contributed by atoms with E-state index >= 15 is 0 Å². The molecule has 1 aromatic carbocycles. The van der Waals surface area contributed by atoms with E-state index in [1.54, 1.807) is 0 Å². The van der Waals surface area contributed by atoms with Gasteiger partial charge < -0.3 is 5.32 Å². The second-order valence-electron chi connectivity index (χ2n) is 6.25. The highest BCUT2D eigenvalue weighted by molar-refractivity contribution is 7.85. The maximum Gasteiger partial charge on any atom is 0.0564 e. The summed E-state index contributed by atoms with van der Waals surface area (Å²) in [5, 5.41) is 3.99. The summed E-state index contributed by atoms with van der Waals surface area (Å²) in [5.74, 6) is 0.427. The van der Waals surface area contributed by atoms with Crippen LogP contribution in [0.3, 0.4) is 0 Å². The summed E-state index contributed by atoms with van der Waals surface area (Å²) in [6.45, 7) is 8.62. The lowest BCUT2D eigenvalue weighted by molar-refractivity contribution is 0.363. The summed E-state index contributed by atoms with van der Waals surface area (Å²) in [4.78, 5) is 1.06. The summed E-state index contributed by atoms with van der Waals surface area (Å²) in [6.07, 6.45) is 2.59. The highest BCUT2D eigenvalue weighted by atomic mass is 32.2. The first-order chi connectivity index (χ1) is 8.99. The average Bonchev–Trinajstić information content (AvgIpc) is 3.19. The maximum absolute atomic E-state index is 12.6. The summed E-state index contributed by atoms with van der Waals surface area (Å²) in [5.41, 5.74) is 3.83. The topological polar surface area (TPSA) is 29.1 Å². The molecular weight excluding hydrogens is 254 g/mol. The minimum absolute atomic E-state index is 0.228. The zero-order valence-electron chi connectivity index (χ0n) is 12.2. The molecule has 1 heterocycles.